The van der Waals surface area contributed by atoms with Crippen LogP contribution in [0.1, 0.15) is 12.0 Å². The lowest BCUT2D eigenvalue weighted by atomic mass is 10.1. The van der Waals surface area contributed by atoms with Crippen LogP contribution < -0.4 is 16.2 Å². The molecular formula is C21H26ClN5O3. The van der Waals surface area contributed by atoms with Crippen LogP contribution in [0.3, 0.4) is 0 Å². The van der Waals surface area contributed by atoms with E-state index in [4.69, 9.17) is 21.5 Å². The summed E-state index contributed by atoms with van der Waals surface area (Å²) in [7, 11) is 4.16. The van der Waals surface area contributed by atoms with Gasteiger partial charge in [-0.15, -0.1) is 0 Å². The maximum absolute atomic E-state index is 11.8. The van der Waals surface area contributed by atoms with E-state index >= 15 is 0 Å². The zero-order valence-corrected chi connectivity index (χ0v) is 17.7. The van der Waals surface area contributed by atoms with E-state index in [1.807, 2.05) is 18.2 Å². The lowest BCUT2D eigenvalue weighted by molar-refractivity contribution is -0.122. The zero-order chi connectivity index (χ0) is 21.9. The lowest BCUT2D eigenvalue weighted by Gasteiger charge is -2.12. The van der Waals surface area contributed by atoms with Gasteiger partial charge in [0.25, 0.3) is 12.0 Å². The summed E-state index contributed by atoms with van der Waals surface area (Å²) in [6.45, 7) is 2.43. The van der Waals surface area contributed by atoms with Crippen molar-refractivity contribution < 1.29 is 9.90 Å². The number of nitrogens with one attached hydrogen (secondary N) is 3. The average molecular weight is 432 g/mol. The largest absolute Gasteiger partial charge is 0.483 e. The van der Waals surface area contributed by atoms with E-state index in [2.05, 4.69) is 58.0 Å². The number of fused-ring (bicyclic) bond motifs is 1. The highest BCUT2D eigenvalue weighted by atomic mass is 35.5. The number of aromatic amines is 1. The molecule has 160 valence electrons. The van der Waals surface area contributed by atoms with Crippen LogP contribution in [0, 0.1) is 0 Å². The second-order valence-corrected chi connectivity index (χ2v) is 7.20. The number of nitrogens with zero attached hydrogens (tertiary/aromatic N) is 2. The summed E-state index contributed by atoms with van der Waals surface area (Å²) in [6, 6.07) is 13.8. The Morgan fingerprint density at radius 1 is 1.13 bits per heavy atom. The molecule has 0 aliphatic heterocycles. The molecule has 0 aliphatic rings. The van der Waals surface area contributed by atoms with E-state index in [1.165, 1.54) is 5.56 Å². The summed E-state index contributed by atoms with van der Waals surface area (Å²) in [5.41, 5.74) is 2.93. The van der Waals surface area contributed by atoms with Crippen molar-refractivity contribution in [1.82, 2.24) is 15.1 Å². The van der Waals surface area contributed by atoms with Crippen molar-refractivity contribution in [2.75, 3.05) is 37.8 Å². The Bertz CT molecular complexity index is 1020. The molecule has 4 N–H and O–H groups in total. The first kappa shape index (κ1) is 23.2. The molecule has 8 nitrogen and oxygen atoms in total. The van der Waals surface area contributed by atoms with Crippen LogP contribution in [0.2, 0.25) is 5.15 Å². The molecule has 0 aliphatic carbocycles. The summed E-state index contributed by atoms with van der Waals surface area (Å²) in [6.07, 6.45) is 1.10. The topological polar surface area (TPSA) is 110 Å². The van der Waals surface area contributed by atoms with Gasteiger partial charge in [-0.2, -0.15) is 5.10 Å². The van der Waals surface area contributed by atoms with E-state index < -0.39 is 0 Å². The molecule has 0 saturated heterocycles. The number of hydrogen-bond acceptors (Lipinski definition) is 6. The lowest BCUT2D eigenvalue weighted by Crippen LogP contribution is -2.16. The average Bonchev–Trinajstić information content (AvgIpc) is 2.73. The minimum absolute atomic E-state index is 0.242. The molecule has 0 spiro atoms. The van der Waals surface area contributed by atoms with Crippen LogP contribution in [0.15, 0.2) is 47.3 Å². The van der Waals surface area contributed by atoms with Gasteiger partial charge in [-0.3, -0.25) is 9.59 Å². The number of rotatable bonds is 8. The van der Waals surface area contributed by atoms with Gasteiger partial charge >= 0.3 is 0 Å². The quantitative estimate of drug-likeness (QED) is 0.320. The third kappa shape index (κ3) is 7.06. The standard InChI is InChI=1S/C20H24ClN5O.CH2O2/c1-26(2)10-4-9-22-15-6-3-5-14(11-15)13-23-16-7-8-17-18(12-16)19(21)24-25-20(17)27;2-1-3/h3,5-8,11-12,22-23H,4,9-10,13H2,1-2H3,(H,25,27);1H,(H,2,3). The smallest absolute Gasteiger partial charge is 0.290 e. The van der Waals surface area contributed by atoms with Gasteiger partial charge in [0.1, 0.15) is 0 Å². The minimum atomic E-state index is -0.250. The fourth-order valence-electron chi connectivity index (χ4n) is 2.87. The van der Waals surface area contributed by atoms with Gasteiger partial charge < -0.3 is 20.6 Å². The Kier molecular flexibility index (Phi) is 9.11. The van der Waals surface area contributed by atoms with Crippen molar-refractivity contribution >= 4 is 40.2 Å². The molecule has 3 rings (SSSR count). The molecule has 0 atom stereocenters. The number of aromatic nitrogens is 2. The first-order valence-corrected chi connectivity index (χ1v) is 9.79. The predicted octanol–water partition coefficient (Wildman–Crippen LogP) is 3.25. The van der Waals surface area contributed by atoms with Crippen LogP contribution in [0.25, 0.3) is 10.8 Å². The van der Waals surface area contributed by atoms with Gasteiger partial charge in [0, 0.05) is 29.9 Å². The maximum atomic E-state index is 11.8. The number of anilines is 2. The molecule has 1 aromatic heterocycles. The Balaban J connectivity index is 0.00000101. The van der Waals surface area contributed by atoms with E-state index in [-0.39, 0.29) is 17.2 Å². The molecule has 0 amide bonds. The highest BCUT2D eigenvalue weighted by Crippen LogP contribution is 2.22. The van der Waals surface area contributed by atoms with Crippen molar-refractivity contribution in [2.24, 2.45) is 0 Å². The van der Waals surface area contributed by atoms with Crippen LogP contribution in [-0.2, 0) is 11.3 Å². The zero-order valence-electron chi connectivity index (χ0n) is 17.0. The van der Waals surface area contributed by atoms with Gasteiger partial charge in [0.05, 0.1) is 5.39 Å². The summed E-state index contributed by atoms with van der Waals surface area (Å²) < 4.78 is 0. The number of halogens is 1. The minimum Gasteiger partial charge on any atom is -0.483 e. The molecule has 3 aromatic rings. The number of hydrogen-bond donors (Lipinski definition) is 4. The first-order chi connectivity index (χ1) is 14.4. The van der Waals surface area contributed by atoms with Gasteiger partial charge in [-0.25, -0.2) is 5.10 Å². The summed E-state index contributed by atoms with van der Waals surface area (Å²) >= 11 is 6.10. The summed E-state index contributed by atoms with van der Waals surface area (Å²) in [5.74, 6) is 0. The maximum Gasteiger partial charge on any atom is 0.290 e. The second kappa shape index (κ2) is 11.8. The summed E-state index contributed by atoms with van der Waals surface area (Å²) in [5, 5.41) is 21.4. The van der Waals surface area contributed by atoms with Gasteiger partial charge in [-0.05, 0) is 63.0 Å². The van der Waals surface area contributed by atoms with Crippen molar-refractivity contribution in [3.8, 4) is 0 Å². The number of carboxylic acid groups (broad SMARTS) is 1. The number of carbonyl (C=O) groups is 1. The van der Waals surface area contributed by atoms with E-state index in [1.54, 1.807) is 6.07 Å². The fraction of sp³-hybridized carbons (Fsp3) is 0.286. The molecule has 0 unspecified atom stereocenters. The Hall–Kier alpha value is -3.10. The molecule has 9 heteroatoms. The molecule has 0 radical (unpaired) electrons. The van der Waals surface area contributed by atoms with Crippen LogP contribution in [0.4, 0.5) is 11.4 Å². The molecular weight excluding hydrogens is 406 g/mol. The van der Waals surface area contributed by atoms with Gasteiger partial charge in [0.2, 0.25) is 0 Å². The number of benzene rings is 2. The van der Waals surface area contributed by atoms with Crippen molar-refractivity contribution in [3.05, 3.63) is 63.5 Å². The number of H-pyrrole nitrogens is 1. The van der Waals surface area contributed by atoms with Crippen LogP contribution >= 0.6 is 11.6 Å². The molecule has 0 bridgehead atoms. The van der Waals surface area contributed by atoms with Gasteiger partial charge in [-0.1, -0.05) is 23.7 Å². The van der Waals surface area contributed by atoms with E-state index in [0.29, 0.717) is 17.3 Å². The molecule has 30 heavy (non-hydrogen) atoms. The third-order valence-corrected chi connectivity index (χ3v) is 4.57. The monoisotopic (exact) mass is 431 g/mol. The first-order valence-electron chi connectivity index (χ1n) is 9.41. The van der Waals surface area contributed by atoms with Crippen LogP contribution in [0.5, 0.6) is 0 Å². The molecule has 2 aromatic carbocycles. The Morgan fingerprint density at radius 3 is 2.60 bits per heavy atom. The Labute approximate surface area is 179 Å². The predicted molar refractivity (Wildman–Crippen MR) is 121 cm³/mol. The molecule has 0 saturated carbocycles. The van der Waals surface area contributed by atoms with Crippen molar-refractivity contribution in [1.29, 1.82) is 0 Å². The third-order valence-electron chi connectivity index (χ3n) is 4.28. The second-order valence-electron chi connectivity index (χ2n) is 6.85. The molecule has 0 fully saturated rings. The van der Waals surface area contributed by atoms with Gasteiger partial charge in [0.15, 0.2) is 5.15 Å². The van der Waals surface area contributed by atoms with E-state index in [0.717, 1.165) is 30.9 Å². The Morgan fingerprint density at radius 2 is 1.87 bits per heavy atom. The van der Waals surface area contributed by atoms with E-state index in [9.17, 15) is 4.79 Å². The SMILES string of the molecule is CN(C)CCCNc1cccc(CNc2ccc3c(=O)[nH]nc(Cl)c3c2)c1.O=CO. The highest BCUT2D eigenvalue weighted by molar-refractivity contribution is 6.34. The fourth-order valence-corrected chi connectivity index (χ4v) is 3.07. The molecule has 1 heterocycles. The van der Waals surface area contributed by atoms with Crippen molar-refractivity contribution in [2.45, 2.75) is 13.0 Å². The summed E-state index contributed by atoms with van der Waals surface area (Å²) in [4.78, 5) is 22.3. The van der Waals surface area contributed by atoms with Crippen LogP contribution in [-0.4, -0.2) is 53.9 Å². The van der Waals surface area contributed by atoms with Crippen molar-refractivity contribution in [3.63, 3.8) is 0 Å². The highest BCUT2D eigenvalue weighted by Gasteiger charge is 2.06. The normalized spacial score (nSPS) is 10.4.